The summed E-state index contributed by atoms with van der Waals surface area (Å²) in [5.41, 5.74) is 8.50. The Labute approximate surface area is 415 Å². The van der Waals surface area contributed by atoms with Crippen LogP contribution in [0.2, 0.25) is 0 Å². The number of aromatic nitrogens is 3. The lowest BCUT2D eigenvalue weighted by molar-refractivity contribution is -0.146. The van der Waals surface area contributed by atoms with Crippen molar-refractivity contribution in [3.05, 3.63) is 120 Å². The topological polar surface area (TPSA) is 178 Å². The number of nitrogens with zero attached hydrogens (tertiary/aromatic N) is 3. The van der Waals surface area contributed by atoms with Crippen LogP contribution in [0.3, 0.4) is 0 Å². The van der Waals surface area contributed by atoms with Gasteiger partial charge in [-0.25, -0.2) is 4.98 Å². The summed E-state index contributed by atoms with van der Waals surface area (Å²) in [4.78, 5) is 56.6. The van der Waals surface area contributed by atoms with Gasteiger partial charge in [0.15, 0.2) is 0 Å². The fourth-order valence-corrected chi connectivity index (χ4v) is 10.3. The molecule has 4 heterocycles. The molecule has 3 aromatic heterocycles. The summed E-state index contributed by atoms with van der Waals surface area (Å²) in [6, 6.07) is 24.3. The molecule has 3 unspecified atom stereocenters. The lowest BCUT2D eigenvalue weighted by atomic mass is 9.82. The highest BCUT2D eigenvalue weighted by molar-refractivity contribution is 6.07. The average Bonchev–Trinajstić information content (AvgIpc) is 3.79. The summed E-state index contributed by atoms with van der Waals surface area (Å²) in [5.74, 6) is 0.576. The number of carbonyl (C=O) groups is 3. The molecule has 374 valence electrons. The number of carbonyl (C=O) groups excluding carboxylic acids is 3. The van der Waals surface area contributed by atoms with Gasteiger partial charge in [-0.1, -0.05) is 61.7 Å². The highest BCUT2D eigenvalue weighted by atomic mass is 16.6. The van der Waals surface area contributed by atoms with Crippen molar-refractivity contribution in [2.75, 3.05) is 59.9 Å². The second-order valence-electron chi connectivity index (χ2n) is 18.9. The molecule has 0 radical (unpaired) electrons. The van der Waals surface area contributed by atoms with Crippen molar-refractivity contribution in [1.29, 1.82) is 0 Å². The number of benzene rings is 3. The van der Waals surface area contributed by atoms with Crippen LogP contribution in [0.25, 0.3) is 32.9 Å². The van der Waals surface area contributed by atoms with E-state index < -0.39 is 18.1 Å². The van der Waals surface area contributed by atoms with E-state index in [1.165, 1.54) is 5.56 Å². The lowest BCUT2D eigenvalue weighted by Crippen LogP contribution is -2.60. The van der Waals surface area contributed by atoms with E-state index in [9.17, 15) is 14.4 Å². The highest BCUT2D eigenvalue weighted by Gasteiger charge is 2.42. The Bertz CT molecular complexity index is 2740. The number of likely N-dealkylation sites (N-methyl/N-ethyl adjacent to an activating group) is 1. The molecule has 2 aliphatic carbocycles. The highest BCUT2D eigenvalue weighted by Crippen LogP contribution is 2.35. The van der Waals surface area contributed by atoms with Crippen molar-refractivity contribution >= 4 is 39.5 Å². The number of fused-ring (bicyclic) bond motifs is 5. The summed E-state index contributed by atoms with van der Waals surface area (Å²) in [6.45, 7) is 5.17. The number of nitrogens with one attached hydrogen (secondary N) is 4. The van der Waals surface area contributed by atoms with Crippen molar-refractivity contribution in [1.82, 2.24) is 35.8 Å². The van der Waals surface area contributed by atoms with Gasteiger partial charge in [0.2, 0.25) is 23.6 Å². The van der Waals surface area contributed by atoms with E-state index in [-0.39, 0.29) is 36.2 Å². The first-order valence-electron chi connectivity index (χ1n) is 25.4. The Balaban J connectivity index is 0.708. The quantitative estimate of drug-likeness (QED) is 0.0499. The zero-order valence-electron chi connectivity index (χ0n) is 41.0. The third-order valence-electron chi connectivity index (χ3n) is 14.3. The smallest absolute Gasteiger partial charge is 0.246 e. The van der Waals surface area contributed by atoms with Crippen LogP contribution in [0.15, 0.2) is 97.5 Å². The SMILES string of the molecule is CNC(C)C(=O)NC(C(=O)N1Cc2cc(OCCOCCOCCOCCOc3ccc(-c4ccc5c(c4)[nH]c4ccncc45)cn3)ccc2CC1C(=O)N[C@H]1CCCc2ccccc21)C1CCCCC1. The molecule has 1 saturated carbocycles. The van der Waals surface area contributed by atoms with Crippen LogP contribution in [0.4, 0.5) is 0 Å². The standard InChI is InChI=1S/C56H67N7O8/c1-37(57-2)54(64)62-53(39-10-4-3-5-11-39)56(66)63-36-43-31-44(18-15-41(43)33-51(63)55(65)61-48-14-8-12-38-9-6-7-13-45(38)48)70-29-27-68-25-23-67-24-26-69-28-30-71-52-20-17-42(34-59-52)40-16-19-46-47-35-58-22-21-49(47)60-50(46)32-40/h6-7,9,13,15-22,31-32,34-35,37,39,48,51,53,57,60H,3-5,8,10-12,14,23-30,33,36H2,1-2H3,(H,61,65)(H,62,64)/t37?,48-,51?,53?/m0/s1. The molecule has 0 saturated heterocycles. The number of hydrogen-bond donors (Lipinski definition) is 4. The molecule has 0 bridgehead atoms. The Hall–Kier alpha value is -6.39. The van der Waals surface area contributed by atoms with Crippen LogP contribution < -0.4 is 25.4 Å². The average molecular weight is 966 g/mol. The van der Waals surface area contributed by atoms with Gasteiger partial charge in [0, 0.05) is 65.0 Å². The van der Waals surface area contributed by atoms with Gasteiger partial charge in [-0.2, -0.15) is 0 Å². The number of ether oxygens (including phenoxy) is 5. The number of aromatic amines is 1. The van der Waals surface area contributed by atoms with E-state index in [1.807, 2.05) is 60.9 Å². The zero-order chi connectivity index (χ0) is 48.9. The fraction of sp³-hybridized carbons (Fsp3) is 0.446. The summed E-state index contributed by atoms with van der Waals surface area (Å²) in [6.07, 6.45) is 13.5. The minimum atomic E-state index is -0.734. The monoisotopic (exact) mass is 966 g/mol. The van der Waals surface area contributed by atoms with E-state index in [0.717, 1.165) is 101 Å². The van der Waals surface area contributed by atoms with Gasteiger partial charge in [0.05, 0.1) is 51.7 Å². The van der Waals surface area contributed by atoms with Gasteiger partial charge >= 0.3 is 0 Å². The van der Waals surface area contributed by atoms with Gasteiger partial charge in [0.25, 0.3) is 0 Å². The van der Waals surface area contributed by atoms with Gasteiger partial charge in [-0.3, -0.25) is 19.4 Å². The normalized spacial score (nSPS) is 17.8. The molecule has 1 aliphatic heterocycles. The molecule has 3 aromatic carbocycles. The maximum atomic E-state index is 14.9. The number of rotatable bonds is 22. The predicted octanol–water partition coefficient (Wildman–Crippen LogP) is 7.41. The van der Waals surface area contributed by atoms with Crippen LogP contribution in [0.5, 0.6) is 11.6 Å². The van der Waals surface area contributed by atoms with Crippen LogP contribution in [0.1, 0.15) is 80.2 Å². The summed E-state index contributed by atoms with van der Waals surface area (Å²) < 4.78 is 29.1. The molecule has 9 rings (SSSR count). The van der Waals surface area contributed by atoms with Crippen LogP contribution in [-0.4, -0.2) is 116 Å². The Morgan fingerprint density at radius 1 is 0.732 bits per heavy atom. The summed E-state index contributed by atoms with van der Waals surface area (Å²) in [5, 5.41) is 11.7. The maximum absolute atomic E-state index is 14.9. The Kier molecular flexibility index (Phi) is 16.9. The largest absolute Gasteiger partial charge is 0.491 e. The van der Waals surface area contributed by atoms with E-state index in [0.29, 0.717) is 70.9 Å². The van der Waals surface area contributed by atoms with Gasteiger partial charge in [-0.05, 0) is 110 Å². The van der Waals surface area contributed by atoms with E-state index in [4.69, 9.17) is 23.7 Å². The maximum Gasteiger partial charge on any atom is 0.246 e. The van der Waals surface area contributed by atoms with Gasteiger partial charge in [-0.15, -0.1) is 0 Å². The summed E-state index contributed by atoms with van der Waals surface area (Å²) in [7, 11) is 1.73. The molecule has 3 aliphatic rings. The number of pyridine rings is 2. The number of H-pyrrole nitrogens is 1. The molecule has 4 N–H and O–H groups in total. The molecule has 15 heteroatoms. The molecular formula is C56H67N7O8. The predicted molar refractivity (Wildman–Crippen MR) is 272 cm³/mol. The Morgan fingerprint density at radius 2 is 1.49 bits per heavy atom. The first-order valence-corrected chi connectivity index (χ1v) is 25.4. The second kappa shape index (κ2) is 24.2. The molecular weight excluding hydrogens is 899 g/mol. The summed E-state index contributed by atoms with van der Waals surface area (Å²) >= 11 is 0. The van der Waals surface area contributed by atoms with E-state index in [1.54, 1.807) is 25.1 Å². The van der Waals surface area contributed by atoms with Crippen molar-refractivity contribution in [3.63, 3.8) is 0 Å². The van der Waals surface area contributed by atoms with Crippen LogP contribution >= 0.6 is 0 Å². The van der Waals surface area contributed by atoms with Crippen molar-refractivity contribution in [3.8, 4) is 22.8 Å². The molecule has 0 spiro atoms. The minimum Gasteiger partial charge on any atom is -0.491 e. The molecule has 71 heavy (non-hydrogen) atoms. The number of aryl methyl sites for hydroxylation is 1. The van der Waals surface area contributed by atoms with E-state index in [2.05, 4.69) is 61.2 Å². The third kappa shape index (κ3) is 12.4. The van der Waals surface area contributed by atoms with Gasteiger partial charge < -0.3 is 49.5 Å². The number of amides is 3. The molecule has 15 nitrogen and oxygen atoms in total. The van der Waals surface area contributed by atoms with Gasteiger partial charge in [0.1, 0.15) is 31.0 Å². The van der Waals surface area contributed by atoms with E-state index >= 15 is 0 Å². The first kappa shape index (κ1) is 49.6. The first-order chi connectivity index (χ1) is 34.8. The van der Waals surface area contributed by atoms with Crippen molar-refractivity contribution < 1.29 is 38.1 Å². The molecule has 4 atom stereocenters. The van der Waals surface area contributed by atoms with Crippen LogP contribution in [0, 0.1) is 5.92 Å². The fourth-order valence-electron chi connectivity index (χ4n) is 10.3. The van der Waals surface area contributed by atoms with Crippen molar-refractivity contribution in [2.45, 2.75) is 95.4 Å². The molecule has 6 aromatic rings. The zero-order valence-corrected chi connectivity index (χ0v) is 41.0. The second-order valence-corrected chi connectivity index (χ2v) is 18.9. The van der Waals surface area contributed by atoms with Crippen molar-refractivity contribution in [2.24, 2.45) is 5.92 Å². The van der Waals surface area contributed by atoms with Crippen LogP contribution in [-0.2, 0) is 48.0 Å². The third-order valence-corrected chi connectivity index (χ3v) is 14.3. The minimum absolute atomic E-state index is 0.00813. The number of hydrogen-bond acceptors (Lipinski definition) is 11. The molecule has 1 fully saturated rings. The lowest BCUT2D eigenvalue weighted by Gasteiger charge is -2.41. The molecule has 3 amide bonds. The Morgan fingerprint density at radius 3 is 2.27 bits per heavy atom.